The van der Waals surface area contributed by atoms with Crippen molar-refractivity contribution < 1.29 is 19.2 Å². The zero-order valence-corrected chi connectivity index (χ0v) is 15.8. The van der Waals surface area contributed by atoms with Crippen LogP contribution in [0.5, 0.6) is 0 Å². The van der Waals surface area contributed by atoms with E-state index in [4.69, 9.17) is 4.74 Å². The van der Waals surface area contributed by atoms with E-state index < -0.39 is 11.0 Å². The van der Waals surface area contributed by atoms with Gasteiger partial charge < -0.3 is 19.9 Å². The van der Waals surface area contributed by atoms with Gasteiger partial charge in [0.15, 0.2) is 0 Å². The molecule has 2 aliphatic rings. The minimum absolute atomic E-state index is 0.0132. The van der Waals surface area contributed by atoms with Gasteiger partial charge in [0.05, 0.1) is 11.0 Å². The fourth-order valence-electron chi connectivity index (χ4n) is 3.40. The Hall–Kier alpha value is -2.49. The lowest BCUT2D eigenvalue weighted by atomic mass is 10.2. The molecule has 146 valence electrons. The lowest BCUT2D eigenvalue weighted by Crippen LogP contribution is -2.44. The van der Waals surface area contributed by atoms with Crippen LogP contribution in [-0.2, 0) is 11.3 Å². The predicted octanol–water partition coefficient (Wildman–Crippen LogP) is 2.02. The number of carbonyl (C=O) groups is 2. The summed E-state index contributed by atoms with van der Waals surface area (Å²) in [5, 5.41) is 13.6. The molecule has 1 aromatic carbocycles. The highest BCUT2D eigenvalue weighted by Crippen LogP contribution is 2.25. The van der Waals surface area contributed by atoms with Crippen LogP contribution in [0.4, 0.5) is 15.3 Å². The summed E-state index contributed by atoms with van der Waals surface area (Å²) >= 11 is 4.48. The second-order valence-electron chi connectivity index (χ2n) is 6.93. The minimum atomic E-state index is -0.479. The zero-order chi connectivity index (χ0) is 19.6. The maximum atomic E-state index is 12.5. The number of nitrogens with one attached hydrogen (secondary N) is 1. The van der Waals surface area contributed by atoms with Crippen molar-refractivity contribution in [3.05, 3.63) is 39.9 Å². The van der Waals surface area contributed by atoms with Gasteiger partial charge in [0, 0.05) is 43.1 Å². The van der Waals surface area contributed by atoms with Crippen LogP contribution in [0.2, 0.25) is 0 Å². The van der Waals surface area contributed by atoms with Crippen LogP contribution in [-0.4, -0.2) is 63.8 Å². The first kappa shape index (κ1) is 19.3. The molecule has 0 bridgehead atoms. The van der Waals surface area contributed by atoms with Crippen molar-refractivity contribution in [2.24, 2.45) is 0 Å². The maximum absolute atomic E-state index is 12.5. The number of carbonyl (C=O) groups excluding carboxylic acids is 2. The number of nitro benzene ring substituents is 1. The SMILES string of the molecule is C[C@@H]1CN(C[C@@H]2C[C@@H](S)CN2C(=O)OCc2ccc([N+](=O)[O-])cc2)C(=O)N1. The summed E-state index contributed by atoms with van der Waals surface area (Å²) in [7, 11) is 0. The number of nitrogens with zero attached hydrogens (tertiary/aromatic N) is 3. The third kappa shape index (κ3) is 4.62. The summed E-state index contributed by atoms with van der Waals surface area (Å²) in [5.41, 5.74) is 0.653. The number of nitro groups is 1. The Kier molecular flexibility index (Phi) is 5.73. The van der Waals surface area contributed by atoms with Gasteiger partial charge in [-0.05, 0) is 31.0 Å². The Morgan fingerprint density at radius 1 is 1.37 bits per heavy atom. The van der Waals surface area contributed by atoms with E-state index in [0.717, 1.165) is 0 Å². The van der Waals surface area contributed by atoms with E-state index in [1.165, 1.54) is 12.1 Å². The number of hydrogen-bond donors (Lipinski definition) is 2. The molecule has 2 aliphatic heterocycles. The van der Waals surface area contributed by atoms with Crippen molar-refractivity contribution >= 4 is 30.4 Å². The van der Waals surface area contributed by atoms with Crippen LogP contribution in [0.15, 0.2) is 24.3 Å². The summed E-state index contributed by atoms with van der Waals surface area (Å²) in [4.78, 5) is 38.0. The van der Waals surface area contributed by atoms with E-state index in [-0.39, 0.29) is 35.7 Å². The Labute approximate surface area is 162 Å². The molecule has 0 radical (unpaired) electrons. The highest BCUT2D eigenvalue weighted by Gasteiger charge is 2.38. The second-order valence-corrected chi connectivity index (χ2v) is 7.66. The van der Waals surface area contributed by atoms with Gasteiger partial charge in [-0.15, -0.1) is 0 Å². The van der Waals surface area contributed by atoms with Crippen molar-refractivity contribution in [3.63, 3.8) is 0 Å². The van der Waals surface area contributed by atoms with E-state index in [1.54, 1.807) is 21.9 Å². The highest BCUT2D eigenvalue weighted by molar-refractivity contribution is 7.81. The number of ether oxygens (including phenoxy) is 1. The highest BCUT2D eigenvalue weighted by atomic mass is 32.1. The number of non-ortho nitro benzene ring substituents is 1. The van der Waals surface area contributed by atoms with Crippen LogP contribution in [0.25, 0.3) is 0 Å². The second kappa shape index (κ2) is 8.03. The lowest BCUT2D eigenvalue weighted by Gasteiger charge is -2.27. The number of hydrogen-bond acceptors (Lipinski definition) is 6. The van der Waals surface area contributed by atoms with Crippen LogP contribution >= 0.6 is 12.6 Å². The van der Waals surface area contributed by atoms with Crippen LogP contribution in [0.1, 0.15) is 18.9 Å². The normalized spacial score (nSPS) is 24.8. The average Bonchev–Trinajstić information content (AvgIpc) is 3.14. The molecule has 10 heteroatoms. The summed E-state index contributed by atoms with van der Waals surface area (Å²) < 4.78 is 5.37. The lowest BCUT2D eigenvalue weighted by molar-refractivity contribution is -0.384. The van der Waals surface area contributed by atoms with Gasteiger partial charge in [-0.3, -0.25) is 10.1 Å². The quantitative estimate of drug-likeness (QED) is 0.452. The first-order valence-electron chi connectivity index (χ1n) is 8.73. The number of rotatable bonds is 5. The molecule has 2 fully saturated rings. The summed E-state index contributed by atoms with van der Waals surface area (Å²) in [5.74, 6) is 0. The number of thiol groups is 1. The minimum Gasteiger partial charge on any atom is -0.445 e. The molecule has 0 aliphatic carbocycles. The molecule has 3 amide bonds. The molecule has 2 saturated heterocycles. The van der Waals surface area contributed by atoms with E-state index in [2.05, 4.69) is 17.9 Å². The first-order chi connectivity index (χ1) is 12.8. The van der Waals surface area contributed by atoms with Crippen molar-refractivity contribution in [1.29, 1.82) is 0 Å². The summed E-state index contributed by atoms with van der Waals surface area (Å²) in [6, 6.07) is 5.69. The number of likely N-dealkylation sites (tertiary alicyclic amines) is 1. The van der Waals surface area contributed by atoms with Crippen LogP contribution in [0.3, 0.4) is 0 Å². The molecule has 3 atom stereocenters. The third-order valence-electron chi connectivity index (χ3n) is 4.72. The molecule has 2 heterocycles. The predicted molar refractivity (Wildman–Crippen MR) is 101 cm³/mol. The van der Waals surface area contributed by atoms with Crippen molar-refractivity contribution in [2.75, 3.05) is 19.6 Å². The van der Waals surface area contributed by atoms with Gasteiger partial charge in [0.25, 0.3) is 5.69 Å². The van der Waals surface area contributed by atoms with Gasteiger partial charge in [0.1, 0.15) is 6.61 Å². The van der Waals surface area contributed by atoms with Crippen molar-refractivity contribution in [2.45, 2.75) is 37.3 Å². The van der Waals surface area contributed by atoms with Crippen LogP contribution in [0, 0.1) is 10.1 Å². The standard InChI is InChI=1S/C17H22N4O5S/c1-11-7-19(16(22)18-11)8-14-6-15(27)9-20(14)17(23)26-10-12-2-4-13(5-3-12)21(24)25/h2-5,11,14-15,27H,6-10H2,1H3,(H,18,22)/t11-,14+,15-/m1/s1. The Morgan fingerprint density at radius 2 is 2.07 bits per heavy atom. The monoisotopic (exact) mass is 394 g/mol. The molecule has 0 spiro atoms. The molecule has 0 unspecified atom stereocenters. The van der Waals surface area contributed by atoms with Crippen molar-refractivity contribution in [3.8, 4) is 0 Å². The topological polar surface area (TPSA) is 105 Å². The molecule has 0 saturated carbocycles. The molecule has 3 rings (SSSR count). The molecule has 1 aromatic rings. The molecule has 1 N–H and O–H groups in total. The number of benzene rings is 1. The molecule has 9 nitrogen and oxygen atoms in total. The van der Waals surface area contributed by atoms with Crippen LogP contribution < -0.4 is 5.32 Å². The first-order valence-corrected chi connectivity index (χ1v) is 9.25. The zero-order valence-electron chi connectivity index (χ0n) is 14.9. The van der Waals surface area contributed by atoms with Gasteiger partial charge in [-0.1, -0.05) is 0 Å². The van der Waals surface area contributed by atoms with Crippen molar-refractivity contribution in [1.82, 2.24) is 15.1 Å². The molecular weight excluding hydrogens is 372 g/mol. The number of amides is 3. The fourth-order valence-corrected chi connectivity index (χ4v) is 3.82. The van der Waals surface area contributed by atoms with Gasteiger partial charge in [-0.25, -0.2) is 9.59 Å². The van der Waals surface area contributed by atoms with Gasteiger partial charge in [-0.2, -0.15) is 12.6 Å². The Bertz CT molecular complexity index is 729. The Morgan fingerprint density at radius 3 is 2.67 bits per heavy atom. The fraction of sp³-hybridized carbons (Fsp3) is 0.529. The van der Waals surface area contributed by atoms with E-state index in [9.17, 15) is 19.7 Å². The third-order valence-corrected chi connectivity index (χ3v) is 5.09. The number of urea groups is 1. The molecule has 27 heavy (non-hydrogen) atoms. The van der Waals surface area contributed by atoms with Gasteiger partial charge in [0.2, 0.25) is 0 Å². The maximum Gasteiger partial charge on any atom is 0.410 e. The smallest absolute Gasteiger partial charge is 0.410 e. The summed E-state index contributed by atoms with van der Waals surface area (Å²) in [6.45, 7) is 3.47. The summed E-state index contributed by atoms with van der Waals surface area (Å²) in [6.07, 6.45) is 0.219. The van der Waals surface area contributed by atoms with E-state index >= 15 is 0 Å². The average molecular weight is 394 g/mol. The largest absolute Gasteiger partial charge is 0.445 e. The molecule has 0 aromatic heterocycles. The molecular formula is C17H22N4O5S. The van der Waals surface area contributed by atoms with E-state index in [1.807, 2.05) is 6.92 Å². The van der Waals surface area contributed by atoms with E-state index in [0.29, 0.717) is 31.6 Å². The van der Waals surface area contributed by atoms with Gasteiger partial charge >= 0.3 is 12.1 Å². The Balaban J connectivity index is 1.57.